The second-order valence-electron chi connectivity index (χ2n) is 4.80. The molecule has 2 aromatic heterocycles. The Morgan fingerprint density at radius 2 is 2.26 bits per heavy atom. The molecule has 1 saturated heterocycles. The third kappa shape index (κ3) is 1.61. The van der Waals surface area contributed by atoms with Gasteiger partial charge in [-0.2, -0.15) is 5.16 Å². The number of aromatic nitrogens is 3. The fraction of sp³-hybridized carbons (Fsp3) is 0.417. The van der Waals surface area contributed by atoms with Crippen molar-refractivity contribution in [1.82, 2.24) is 15.1 Å². The van der Waals surface area contributed by atoms with Gasteiger partial charge in [0.25, 0.3) is 5.56 Å². The maximum absolute atomic E-state index is 11.0. The maximum atomic E-state index is 11.0. The molecular formula is C12H12N4O3. The summed E-state index contributed by atoms with van der Waals surface area (Å²) in [6.07, 6.45) is 2.38. The minimum absolute atomic E-state index is 0.190. The second-order valence-corrected chi connectivity index (χ2v) is 4.80. The zero-order valence-corrected chi connectivity index (χ0v) is 10.1. The van der Waals surface area contributed by atoms with Crippen LogP contribution < -0.4 is 15.2 Å². The van der Waals surface area contributed by atoms with Crippen molar-refractivity contribution in [3.63, 3.8) is 0 Å². The van der Waals surface area contributed by atoms with Gasteiger partial charge in [0.2, 0.25) is 5.88 Å². The van der Waals surface area contributed by atoms with Crippen molar-refractivity contribution in [3.8, 4) is 5.88 Å². The number of nitrogens with one attached hydrogen (secondary N) is 1. The summed E-state index contributed by atoms with van der Waals surface area (Å²) in [6.45, 7) is 2.26. The van der Waals surface area contributed by atoms with E-state index in [0.29, 0.717) is 18.2 Å². The van der Waals surface area contributed by atoms with Gasteiger partial charge < -0.3 is 14.2 Å². The van der Waals surface area contributed by atoms with Crippen molar-refractivity contribution < 1.29 is 9.26 Å². The fourth-order valence-electron chi connectivity index (χ4n) is 2.58. The van der Waals surface area contributed by atoms with Crippen LogP contribution in [0.25, 0.3) is 0 Å². The number of rotatable bonds is 2. The molecule has 0 amide bonds. The van der Waals surface area contributed by atoms with Gasteiger partial charge in [-0.3, -0.25) is 4.79 Å². The normalized spacial score (nSPS) is 18.0. The van der Waals surface area contributed by atoms with Gasteiger partial charge in [0.15, 0.2) is 0 Å². The third-order valence-electron chi connectivity index (χ3n) is 3.60. The van der Waals surface area contributed by atoms with Crippen LogP contribution in [0, 0.1) is 0 Å². The summed E-state index contributed by atoms with van der Waals surface area (Å²) < 4.78 is 10.6. The minimum atomic E-state index is -0.190. The summed E-state index contributed by atoms with van der Waals surface area (Å²) in [7, 11) is 0. The van der Waals surface area contributed by atoms with E-state index in [-0.39, 0.29) is 11.5 Å². The summed E-state index contributed by atoms with van der Waals surface area (Å²) in [5, 5.41) is 2.32. The van der Waals surface area contributed by atoms with Gasteiger partial charge in [-0.15, -0.1) is 0 Å². The zero-order valence-electron chi connectivity index (χ0n) is 10.1. The van der Waals surface area contributed by atoms with Crippen molar-refractivity contribution in [2.24, 2.45) is 0 Å². The average molecular weight is 260 g/mol. The van der Waals surface area contributed by atoms with Crippen LogP contribution in [0.2, 0.25) is 0 Å². The first-order valence-electron chi connectivity index (χ1n) is 6.21. The first-order valence-corrected chi connectivity index (χ1v) is 6.21. The van der Waals surface area contributed by atoms with E-state index in [9.17, 15) is 4.79 Å². The van der Waals surface area contributed by atoms with Crippen molar-refractivity contribution >= 4 is 5.82 Å². The van der Waals surface area contributed by atoms with Gasteiger partial charge in [0.05, 0.1) is 18.1 Å². The Bertz CT molecular complexity index is 672. The number of nitrogens with zero attached hydrogens (tertiary/aromatic N) is 3. The molecule has 4 heterocycles. The Labute approximate surface area is 108 Å². The van der Waals surface area contributed by atoms with Crippen LogP contribution in [-0.4, -0.2) is 34.8 Å². The molecule has 0 aliphatic carbocycles. The van der Waals surface area contributed by atoms with Crippen molar-refractivity contribution in [3.05, 3.63) is 34.1 Å². The molecule has 1 fully saturated rings. The molecule has 0 atom stereocenters. The number of anilines is 1. The standard InChI is InChI=1S/C12H12N4O3/c17-10-3-9(19-15-10)7-4-16(5-7)11-8-1-2-18-12(8)14-6-13-11/h3,6-7H,1-2,4-5H2,(H,15,17). The molecule has 7 nitrogen and oxygen atoms in total. The SMILES string of the molecule is O=c1cc(C2CN(c3ncnc4c3CCO4)C2)o[nH]1. The van der Waals surface area contributed by atoms with E-state index >= 15 is 0 Å². The number of hydrogen-bond donors (Lipinski definition) is 1. The van der Waals surface area contributed by atoms with Crippen molar-refractivity contribution in [2.45, 2.75) is 12.3 Å². The molecule has 1 N–H and O–H groups in total. The molecule has 19 heavy (non-hydrogen) atoms. The van der Waals surface area contributed by atoms with E-state index in [4.69, 9.17) is 9.26 Å². The monoisotopic (exact) mass is 260 g/mol. The predicted molar refractivity (Wildman–Crippen MR) is 65.5 cm³/mol. The molecule has 2 aromatic rings. The molecular weight excluding hydrogens is 248 g/mol. The number of H-pyrrole nitrogens is 1. The molecule has 0 radical (unpaired) electrons. The highest BCUT2D eigenvalue weighted by Gasteiger charge is 2.34. The molecule has 0 unspecified atom stereocenters. The van der Waals surface area contributed by atoms with Crippen molar-refractivity contribution in [2.75, 3.05) is 24.6 Å². The van der Waals surface area contributed by atoms with Crippen molar-refractivity contribution in [1.29, 1.82) is 0 Å². The van der Waals surface area contributed by atoms with Crippen LogP contribution >= 0.6 is 0 Å². The highest BCUT2D eigenvalue weighted by atomic mass is 16.5. The Morgan fingerprint density at radius 1 is 1.37 bits per heavy atom. The second kappa shape index (κ2) is 3.84. The van der Waals surface area contributed by atoms with Crippen LogP contribution in [-0.2, 0) is 6.42 Å². The third-order valence-corrected chi connectivity index (χ3v) is 3.60. The molecule has 0 spiro atoms. The number of fused-ring (bicyclic) bond motifs is 1. The lowest BCUT2D eigenvalue weighted by molar-refractivity contribution is 0.332. The Hall–Kier alpha value is -2.31. The highest BCUT2D eigenvalue weighted by molar-refractivity contribution is 5.55. The lowest BCUT2D eigenvalue weighted by Gasteiger charge is -2.39. The summed E-state index contributed by atoms with van der Waals surface area (Å²) in [5.74, 6) is 2.59. The molecule has 4 rings (SSSR count). The first-order chi connectivity index (χ1) is 9.31. The predicted octanol–water partition coefficient (Wildman–Crippen LogP) is 0.297. The maximum Gasteiger partial charge on any atom is 0.280 e. The fourth-order valence-corrected chi connectivity index (χ4v) is 2.58. The molecule has 7 heteroatoms. The zero-order chi connectivity index (χ0) is 12.8. The molecule has 2 aliphatic heterocycles. The van der Waals surface area contributed by atoms with Crippen LogP contribution in [0.5, 0.6) is 5.88 Å². The summed E-state index contributed by atoms with van der Waals surface area (Å²) in [6, 6.07) is 1.51. The lowest BCUT2D eigenvalue weighted by atomic mass is 9.96. The van der Waals surface area contributed by atoms with Gasteiger partial charge >= 0.3 is 0 Å². The van der Waals surface area contributed by atoms with Crippen LogP contribution in [0.4, 0.5) is 5.82 Å². The number of aromatic amines is 1. The van der Waals surface area contributed by atoms with Gasteiger partial charge in [-0.05, 0) is 0 Å². The summed E-state index contributed by atoms with van der Waals surface area (Å²) >= 11 is 0. The molecule has 0 bridgehead atoms. The van der Waals surface area contributed by atoms with Gasteiger partial charge in [-0.25, -0.2) is 9.97 Å². The van der Waals surface area contributed by atoms with Gasteiger partial charge in [-0.1, -0.05) is 0 Å². The number of hydrogen-bond acceptors (Lipinski definition) is 6. The van der Waals surface area contributed by atoms with E-state index in [1.807, 2.05) is 0 Å². The lowest BCUT2D eigenvalue weighted by Crippen LogP contribution is -2.45. The van der Waals surface area contributed by atoms with E-state index < -0.39 is 0 Å². The van der Waals surface area contributed by atoms with Crippen LogP contribution in [0.3, 0.4) is 0 Å². The van der Waals surface area contributed by atoms with Gasteiger partial charge in [0, 0.05) is 25.6 Å². The Morgan fingerprint density at radius 3 is 3.05 bits per heavy atom. The first kappa shape index (κ1) is 10.6. The van der Waals surface area contributed by atoms with Gasteiger partial charge in [0.1, 0.15) is 17.9 Å². The Balaban J connectivity index is 1.55. The van der Waals surface area contributed by atoms with E-state index in [0.717, 1.165) is 30.9 Å². The van der Waals surface area contributed by atoms with Crippen LogP contribution in [0.1, 0.15) is 17.2 Å². The summed E-state index contributed by atoms with van der Waals surface area (Å²) in [4.78, 5) is 21.7. The summed E-state index contributed by atoms with van der Waals surface area (Å²) in [5.41, 5.74) is 0.890. The smallest absolute Gasteiger partial charge is 0.280 e. The van der Waals surface area contributed by atoms with E-state index in [1.165, 1.54) is 12.4 Å². The average Bonchev–Trinajstić information content (AvgIpc) is 2.96. The molecule has 98 valence electrons. The van der Waals surface area contributed by atoms with Crippen LogP contribution in [0.15, 0.2) is 21.7 Å². The minimum Gasteiger partial charge on any atom is -0.477 e. The van der Waals surface area contributed by atoms with E-state index in [2.05, 4.69) is 20.0 Å². The molecule has 0 aromatic carbocycles. The highest BCUT2D eigenvalue weighted by Crippen LogP contribution is 2.36. The molecule has 2 aliphatic rings. The quantitative estimate of drug-likeness (QED) is 0.835. The molecule has 0 saturated carbocycles. The topological polar surface area (TPSA) is 84.2 Å². The van der Waals surface area contributed by atoms with E-state index in [1.54, 1.807) is 0 Å². The Kier molecular flexibility index (Phi) is 2.14. The number of ether oxygens (including phenoxy) is 1. The largest absolute Gasteiger partial charge is 0.477 e.